The van der Waals surface area contributed by atoms with Crippen molar-refractivity contribution in [3.05, 3.63) is 30.3 Å². The smallest absolute Gasteiger partial charge is 0.303 e. The van der Waals surface area contributed by atoms with E-state index in [1.54, 1.807) is 0 Å². The maximum Gasteiger partial charge on any atom is 0.303 e. The second-order valence-electron chi connectivity index (χ2n) is 6.70. The molecule has 3 rings (SSSR count). The number of ether oxygens (including phenoxy) is 1. The third-order valence-electron chi connectivity index (χ3n) is 5.04. The van der Waals surface area contributed by atoms with Crippen LogP contribution in [0.3, 0.4) is 0 Å². The van der Waals surface area contributed by atoms with Crippen LogP contribution in [0.4, 0.5) is 0 Å². The van der Waals surface area contributed by atoms with Gasteiger partial charge in [-0.1, -0.05) is 37.5 Å². The molecule has 1 aromatic carbocycles. The summed E-state index contributed by atoms with van der Waals surface area (Å²) in [5.41, 5.74) is 0. The molecule has 2 heterocycles. The minimum atomic E-state index is -0.675. The van der Waals surface area contributed by atoms with Crippen molar-refractivity contribution in [1.82, 2.24) is 0 Å². The third kappa shape index (κ3) is 4.51. The first-order chi connectivity index (χ1) is 11.2. The first-order valence-corrected chi connectivity index (χ1v) is 9.71. The largest absolute Gasteiger partial charge is 0.481 e. The lowest BCUT2D eigenvalue weighted by Gasteiger charge is -2.27. The van der Waals surface area contributed by atoms with Crippen LogP contribution in [0.25, 0.3) is 0 Å². The van der Waals surface area contributed by atoms with Gasteiger partial charge in [0, 0.05) is 16.6 Å². The Morgan fingerprint density at radius 3 is 2.61 bits per heavy atom. The topological polar surface area (TPSA) is 46.5 Å². The molecule has 2 bridgehead atoms. The van der Waals surface area contributed by atoms with Gasteiger partial charge < -0.3 is 9.84 Å². The second-order valence-corrected chi connectivity index (χ2v) is 7.95. The summed E-state index contributed by atoms with van der Waals surface area (Å²) in [5, 5.41) is 9.26. The molecule has 4 atom stereocenters. The van der Waals surface area contributed by atoms with Crippen molar-refractivity contribution in [3.63, 3.8) is 0 Å². The zero-order valence-electron chi connectivity index (χ0n) is 13.5. The summed E-state index contributed by atoms with van der Waals surface area (Å²) >= 11 is 1.99. The normalized spacial score (nSPS) is 29.0. The van der Waals surface area contributed by atoms with Crippen molar-refractivity contribution >= 4 is 17.7 Å². The van der Waals surface area contributed by atoms with Crippen LogP contribution in [0.15, 0.2) is 35.2 Å². The van der Waals surface area contributed by atoms with E-state index in [9.17, 15) is 4.79 Å². The number of thioether (sulfide) groups is 1. The summed E-state index contributed by atoms with van der Waals surface area (Å²) in [6.45, 7) is 0. The molecule has 4 heteroatoms. The second kappa shape index (κ2) is 8.20. The van der Waals surface area contributed by atoms with Gasteiger partial charge in [0.05, 0.1) is 12.2 Å². The predicted octanol–water partition coefficient (Wildman–Crippen LogP) is 4.75. The van der Waals surface area contributed by atoms with E-state index in [2.05, 4.69) is 30.3 Å². The van der Waals surface area contributed by atoms with E-state index < -0.39 is 5.97 Å². The number of rotatable bonds is 9. The zero-order valence-corrected chi connectivity index (χ0v) is 14.3. The molecule has 3 nitrogen and oxygen atoms in total. The lowest BCUT2D eigenvalue weighted by Crippen LogP contribution is -2.29. The highest BCUT2D eigenvalue weighted by atomic mass is 32.2. The lowest BCUT2D eigenvalue weighted by atomic mass is 9.85. The summed E-state index contributed by atoms with van der Waals surface area (Å²) in [6, 6.07) is 10.7. The van der Waals surface area contributed by atoms with E-state index in [1.165, 1.54) is 30.6 Å². The molecule has 0 unspecified atom stereocenters. The number of unbranched alkanes of at least 4 members (excludes halogenated alkanes) is 3. The predicted molar refractivity (Wildman–Crippen MR) is 92.8 cm³/mol. The van der Waals surface area contributed by atoms with Crippen molar-refractivity contribution in [2.24, 2.45) is 5.92 Å². The fraction of sp³-hybridized carbons (Fsp3) is 0.632. The minimum absolute atomic E-state index is 0.309. The van der Waals surface area contributed by atoms with E-state index in [0.29, 0.717) is 29.8 Å². The van der Waals surface area contributed by atoms with Gasteiger partial charge in [-0.25, -0.2) is 0 Å². The van der Waals surface area contributed by atoms with Crippen LogP contribution in [0.2, 0.25) is 0 Å². The van der Waals surface area contributed by atoms with Crippen LogP contribution in [-0.4, -0.2) is 28.5 Å². The van der Waals surface area contributed by atoms with Gasteiger partial charge in [0.15, 0.2) is 0 Å². The molecule has 2 saturated heterocycles. The van der Waals surface area contributed by atoms with E-state index in [0.717, 1.165) is 19.3 Å². The number of carbonyl (C=O) groups is 1. The summed E-state index contributed by atoms with van der Waals surface area (Å²) in [7, 11) is 0. The van der Waals surface area contributed by atoms with Gasteiger partial charge in [-0.05, 0) is 43.7 Å². The number of aliphatic carboxylic acids is 1. The molecule has 2 aliphatic heterocycles. The molecule has 1 aromatic rings. The Kier molecular flexibility index (Phi) is 6.01. The molecule has 0 aliphatic carbocycles. The highest BCUT2D eigenvalue weighted by molar-refractivity contribution is 8.00. The monoisotopic (exact) mass is 334 g/mol. The van der Waals surface area contributed by atoms with Gasteiger partial charge in [-0.3, -0.25) is 4.79 Å². The standard InChI is InChI=1S/C19H26O3S/c20-18(21)11-7-2-1-6-10-15-16-12-13-17(22-16)19(15)23-14-8-4-3-5-9-14/h3-5,8-9,15-17,19H,1-2,6-7,10-13H2,(H,20,21)/t15-,16+,17-,19-/m1/s1. The fourth-order valence-corrected chi connectivity index (χ4v) is 5.38. The maximum atomic E-state index is 10.5. The molecule has 0 saturated carbocycles. The van der Waals surface area contributed by atoms with Crippen molar-refractivity contribution in [1.29, 1.82) is 0 Å². The molecular weight excluding hydrogens is 308 g/mol. The Bertz CT molecular complexity index is 505. The molecule has 23 heavy (non-hydrogen) atoms. The van der Waals surface area contributed by atoms with Crippen molar-refractivity contribution in [2.75, 3.05) is 0 Å². The molecule has 126 valence electrons. The van der Waals surface area contributed by atoms with Gasteiger partial charge in [0.25, 0.3) is 0 Å². The van der Waals surface area contributed by atoms with Crippen molar-refractivity contribution in [2.45, 2.75) is 73.7 Å². The van der Waals surface area contributed by atoms with Gasteiger partial charge >= 0.3 is 5.97 Å². The first-order valence-electron chi connectivity index (χ1n) is 8.83. The summed E-state index contributed by atoms with van der Waals surface area (Å²) < 4.78 is 6.18. The lowest BCUT2D eigenvalue weighted by molar-refractivity contribution is -0.137. The summed E-state index contributed by atoms with van der Waals surface area (Å²) in [4.78, 5) is 11.9. The van der Waals surface area contributed by atoms with E-state index >= 15 is 0 Å². The van der Waals surface area contributed by atoms with Gasteiger partial charge in [-0.2, -0.15) is 0 Å². The van der Waals surface area contributed by atoms with Gasteiger partial charge in [-0.15, -0.1) is 11.8 Å². The highest BCUT2D eigenvalue weighted by Gasteiger charge is 2.48. The van der Waals surface area contributed by atoms with E-state index in [-0.39, 0.29) is 0 Å². The molecule has 0 amide bonds. The number of carboxylic acids is 1. The Labute approximate surface area is 142 Å². The molecule has 0 spiro atoms. The average molecular weight is 334 g/mol. The number of hydrogen-bond acceptors (Lipinski definition) is 3. The maximum absolute atomic E-state index is 10.5. The van der Waals surface area contributed by atoms with Gasteiger partial charge in [0.1, 0.15) is 0 Å². The number of fused-ring (bicyclic) bond motifs is 2. The Hall–Kier alpha value is -1.00. The minimum Gasteiger partial charge on any atom is -0.481 e. The van der Waals surface area contributed by atoms with Crippen LogP contribution in [-0.2, 0) is 9.53 Å². The Balaban J connectivity index is 1.46. The van der Waals surface area contributed by atoms with Crippen LogP contribution < -0.4 is 0 Å². The number of carboxylic acid groups (broad SMARTS) is 1. The first kappa shape index (κ1) is 16.8. The average Bonchev–Trinajstić information content (AvgIpc) is 3.14. The summed E-state index contributed by atoms with van der Waals surface area (Å²) in [5.74, 6) is -0.00995. The third-order valence-corrected chi connectivity index (χ3v) is 6.51. The van der Waals surface area contributed by atoms with E-state index in [4.69, 9.17) is 9.84 Å². The number of hydrogen-bond donors (Lipinski definition) is 1. The quantitative estimate of drug-likeness (QED) is 0.662. The highest BCUT2D eigenvalue weighted by Crippen LogP contribution is 2.48. The van der Waals surface area contributed by atoms with E-state index in [1.807, 2.05) is 11.8 Å². The molecule has 0 radical (unpaired) electrons. The summed E-state index contributed by atoms with van der Waals surface area (Å²) in [6.07, 6.45) is 9.04. The van der Waals surface area contributed by atoms with Crippen LogP contribution >= 0.6 is 11.8 Å². The molecular formula is C19H26O3S. The zero-order chi connectivity index (χ0) is 16.1. The van der Waals surface area contributed by atoms with Crippen molar-refractivity contribution in [3.8, 4) is 0 Å². The molecule has 1 N–H and O–H groups in total. The van der Waals surface area contributed by atoms with Gasteiger partial charge in [0.2, 0.25) is 0 Å². The molecule has 0 aromatic heterocycles. The van der Waals surface area contributed by atoms with Crippen LogP contribution in [0, 0.1) is 5.92 Å². The number of benzene rings is 1. The van der Waals surface area contributed by atoms with Crippen LogP contribution in [0.5, 0.6) is 0 Å². The van der Waals surface area contributed by atoms with Crippen molar-refractivity contribution < 1.29 is 14.6 Å². The molecule has 2 fully saturated rings. The Morgan fingerprint density at radius 2 is 1.83 bits per heavy atom. The van der Waals surface area contributed by atoms with Crippen LogP contribution in [0.1, 0.15) is 51.4 Å². The molecule has 2 aliphatic rings. The fourth-order valence-electron chi connectivity index (χ4n) is 3.91. The SMILES string of the molecule is O=C(O)CCCCCC[C@H]1[C@@H](Sc2ccccc2)[C@H]2CC[C@@H]1O2. The Morgan fingerprint density at radius 1 is 1.09 bits per heavy atom.